The Balaban J connectivity index is 2.02. The van der Waals surface area contributed by atoms with Gasteiger partial charge in [0.1, 0.15) is 11.9 Å². The zero-order valence-corrected chi connectivity index (χ0v) is 13.7. The summed E-state index contributed by atoms with van der Waals surface area (Å²) < 4.78 is 12.9. The fourth-order valence-corrected chi connectivity index (χ4v) is 2.40. The van der Waals surface area contributed by atoms with Crippen molar-refractivity contribution in [3.63, 3.8) is 0 Å². The highest BCUT2D eigenvalue weighted by Gasteiger charge is 2.20. The number of carboxylic acid groups (broad SMARTS) is 1. The van der Waals surface area contributed by atoms with Gasteiger partial charge in [-0.2, -0.15) is 0 Å². The molecule has 0 aromatic heterocycles. The Morgan fingerprint density at radius 3 is 2.25 bits per heavy atom. The molecule has 2 N–H and O–H groups in total. The molecule has 4 nitrogen and oxygen atoms in total. The Bertz CT molecular complexity index is 741. The number of rotatable bonds is 6. The highest BCUT2D eigenvalue weighted by molar-refractivity contribution is 5.85. The molecule has 0 radical (unpaired) electrons. The summed E-state index contributed by atoms with van der Waals surface area (Å²) in [4.78, 5) is 23.5. The van der Waals surface area contributed by atoms with Gasteiger partial charge < -0.3 is 10.4 Å². The molecule has 1 atom stereocenters. The van der Waals surface area contributed by atoms with E-state index in [1.807, 2.05) is 32.0 Å². The van der Waals surface area contributed by atoms with E-state index in [-0.39, 0.29) is 18.7 Å². The van der Waals surface area contributed by atoms with E-state index in [1.54, 1.807) is 0 Å². The predicted octanol–water partition coefficient (Wildman–Crippen LogP) is 2.80. The quantitative estimate of drug-likeness (QED) is 0.856. The Morgan fingerprint density at radius 1 is 1.04 bits per heavy atom. The van der Waals surface area contributed by atoms with Gasteiger partial charge in [0.15, 0.2) is 0 Å². The van der Waals surface area contributed by atoms with Crippen LogP contribution in [0.15, 0.2) is 42.5 Å². The summed E-state index contributed by atoms with van der Waals surface area (Å²) in [5.74, 6) is -1.86. The topological polar surface area (TPSA) is 66.4 Å². The van der Waals surface area contributed by atoms with Crippen LogP contribution in [0.2, 0.25) is 0 Å². The van der Waals surface area contributed by atoms with Crippen LogP contribution in [0.25, 0.3) is 0 Å². The lowest BCUT2D eigenvalue weighted by Gasteiger charge is -2.15. The first-order valence-corrected chi connectivity index (χ1v) is 7.68. The highest BCUT2D eigenvalue weighted by Crippen LogP contribution is 2.12. The molecule has 126 valence electrons. The van der Waals surface area contributed by atoms with Crippen molar-refractivity contribution in [2.75, 3.05) is 0 Å². The molecular formula is C19H20FNO3. The second-order valence-electron chi connectivity index (χ2n) is 5.88. The number of hydrogen-bond donors (Lipinski definition) is 2. The third-order valence-electron chi connectivity index (χ3n) is 3.92. The first kappa shape index (κ1) is 17.7. The Hall–Kier alpha value is -2.69. The fraction of sp³-hybridized carbons (Fsp3) is 0.263. The van der Waals surface area contributed by atoms with Crippen molar-refractivity contribution >= 4 is 11.9 Å². The summed E-state index contributed by atoms with van der Waals surface area (Å²) in [5.41, 5.74) is 3.69. The smallest absolute Gasteiger partial charge is 0.326 e. The number of aliphatic carboxylic acids is 1. The molecule has 0 aliphatic heterocycles. The number of carbonyl (C=O) groups excluding carboxylic acids is 1. The maximum absolute atomic E-state index is 12.9. The number of carbonyl (C=O) groups is 2. The van der Waals surface area contributed by atoms with Crippen molar-refractivity contribution in [3.8, 4) is 0 Å². The summed E-state index contributed by atoms with van der Waals surface area (Å²) in [6, 6.07) is 10.3. The van der Waals surface area contributed by atoms with Gasteiger partial charge in [-0.1, -0.05) is 30.3 Å². The number of amides is 1. The molecule has 0 spiro atoms. The molecular weight excluding hydrogens is 309 g/mol. The van der Waals surface area contributed by atoms with Crippen LogP contribution in [0.4, 0.5) is 4.39 Å². The summed E-state index contributed by atoms with van der Waals surface area (Å²) >= 11 is 0. The van der Waals surface area contributed by atoms with Crippen LogP contribution in [-0.4, -0.2) is 23.0 Å². The standard InChI is InChI=1S/C19H20FNO3/c1-12-3-4-15(9-13(12)2)10-17(19(23)24)21-18(22)11-14-5-7-16(20)8-6-14/h3-9,17H,10-11H2,1-2H3,(H,21,22)(H,23,24)/t17-/m1/s1. The van der Waals surface area contributed by atoms with E-state index in [4.69, 9.17) is 0 Å². The van der Waals surface area contributed by atoms with Gasteiger partial charge in [0.2, 0.25) is 5.91 Å². The van der Waals surface area contributed by atoms with E-state index in [9.17, 15) is 19.1 Å². The molecule has 2 aromatic rings. The van der Waals surface area contributed by atoms with Crippen molar-refractivity contribution in [3.05, 3.63) is 70.5 Å². The number of halogens is 1. The highest BCUT2D eigenvalue weighted by atomic mass is 19.1. The van der Waals surface area contributed by atoms with Gasteiger partial charge in [-0.15, -0.1) is 0 Å². The normalized spacial score (nSPS) is 11.8. The van der Waals surface area contributed by atoms with Gasteiger partial charge in [0.25, 0.3) is 0 Å². The first-order valence-electron chi connectivity index (χ1n) is 7.68. The number of carboxylic acids is 1. The van der Waals surface area contributed by atoms with Crippen molar-refractivity contribution in [1.29, 1.82) is 0 Å². The van der Waals surface area contributed by atoms with Gasteiger partial charge in [-0.3, -0.25) is 4.79 Å². The molecule has 1 amide bonds. The molecule has 0 aliphatic carbocycles. The molecule has 0 saturated carbocycles. The first-order chi connectivity index (χ1) is 11.3. The Morgan fingerprint density at radius 2 is 1.67 bits per heavy atom. The summed E-state index contributed by atoms with van der Waals surface area (Å²) in [5, 5.41) is 11.9. The van der Waals surface area contributed by atoms with Crippen molar-refractivity contribution < 1.29 is 19.1 Å². The molecule has 0 bridgehead atoms. The van der Waals surface area contributed by atoms with Crippen LogP contribution in [-0.2, 0) is 22.4 Å². The van der Waals surface area contributed by atoms with E-state index in [1.165, 1.54) is 24.3 Å². The molecule has 0 heterocycles. The van der Waals surface area contributed by atoms with Crippen molar-refractivity contribution in [2.45, 2.75) is 32.7 Å². The largest absolute Gasteiger partial charge is 0.480 e. The number of hydrogen-bond acceptors (Lipinski definition) is 2. The maximum atomic E-state index is 12.9. The third-order valence-corrected chi connectivity index (χ3v) is 3.92. The minimum Gasteiger partial charge on any atom is -0.480 e. The van der Waals surface area contributed by atoms with E-state index < -0.39 is 17.9 Å². The van der Waals surface area contributed by atoms with Gasteiger partial charge in [0.05, 0.1) is 6.42 Å². The van der Waals surface area contributed by atoms with E-state index in [0.717, 1.165) is 16.7 Å². The molecule has 5 heteroatoms. The van der Waals surface area contributed by atoms with Crippen LogP contribution in [0.3, 0.4) is 0 Å². The number of benzene rings is 2. The molecule has 0 unspecified atom stereocenters. The molecule has 2 rings (SSSR count). The van der Waals surface area contributed by atoms with E-state index in [0.29, 0.717) is 5.56 Å². The van der Waals surface area contributed by atoms with Gasteiger partial charge >= 0.3 is 5.97 Å². The van der Waals surface area contributed by atoms with Crippen LogP contribution in [0.5, 0.6) is 0 Å². The van der Waals surface area contributed by atoms with Crippen molar-refractivity contribution in [2.24, 2.45) is 0 Å². The predicted molar refractivity (Wildman–Crippen MR) is 89.3 cm³/mol. The lowest BCUT2D eigenvalue weighted by atomic mass is 10.0. The van der Waals surface area contributed by atoms with Crippen LogP contribution in [0.1, 0.15) is 22.3 Å². The van der Waals surface area contributed by atoms with Crippen LogP contribution >= 0.6 is 0 Å². The number of aryl methyl sites for hydroxylation is 2. The number of nitrogens with one attached hydrogen (secondary N) is 1. The minimum absolute atomic E-state index is 0.0109. The fourth-order valence-electron chi connectivity index (χ4n) is 2.40. The zero-order chi connectivity index (χ0) is 17.7. The lowest BCUT2D eigenvalue weighted by Crippen LogP contribution is -2.43. The van der Waals surface area contributed by atoms with Gasteiger partial charge in [-0.05, 0) is 48.2 Å². The van der Waals surface area contributed by atoms with Crippen molar-refractivity contribution in [1.82, 2.24) is 5.32 Å². The zero-order valence-electron chi connectivity index (χ0n) is 13.7. The Kier molecular flexibility index (Phi) is 5.68. The Labute approximate surface area is 140 Å². The molecule has 0 aliphatic rings. The lowest BCUT2D eigenvalue weighted by molar-refractivity contribution is -0.141. The summed E-state index contributed by atoms with van der Waals surface area (Å²) in [6.07, 6.45) is 0.225. The monoisotopic (exact) mass is 329 g/mol. The molecule has 0 fully saturated rings. The minimum atomic E-state index is -1.08. The average Bonchev–Trinajstić information content (AvgIpc) is 2.52. The summed E-state index contributed by atoms with van der Waals surface area (Å²) in [7, 11) is 0. The van der Waals surface area contributed by atoms with E-state index in [2.05, 4.69) is 5.32 Å². The van der Waals surface area contributed by atoms with Gasteiger partial charge in [-0.25, -0.2) is 9.18 Å². The maximum Gasteiger partial charge on any atom is 0.326 e. The summed E-state index contributed by atoms with van der Waals surface area (Å²) in [6.45, 7) is 3.94. The van der Waals surface area contributed by atoms with E-state index >= 15 is 0 Å². The second kappa shape index (κ2) is 7.73. The van der Waals surface area contributed by atoms with Gasteiger partial charge in [0, 0.05) is 6.42 Å². The molecule has 0 saturated heterocycles. The second-order valence-corrected chi connectivity index (χ2v) is 5.88. The van der Waals surface area contributed by atoms with Crippen LogP contribution < -0.4 is 5.32 Å². The average molecular weight is 329 g/mol. The SMILES string of the molecule is Cc1ccc(C[C@@H](NC(=O)Cc2ccc(F)cc2)C(=O)O)cc1C. The van der Waals surface area contributed by atoms with Crippen LogP contribution in [0, 0.1) is 19.7 Å². The third kappa shape index (κ3) is 4.91. The molecule has 2 aromatic carbocycles. The molecule has 24 heavy (non-hydrogen) atoms.